The van der Waals surface area contributed by atoms with Crippen molar-refractivity contribution >= 4 is 29.2 Å². The molecule has 0 bridgehead atoms. The number of rotatable bonds is 6. The summed E-state index contributed by atoms with van der Waals surface area (Å²) in [5.41, 5.74) is 2.55. The van der Waals surface area contributed by atoms with Gasteiger partial charge in [-0.15, -0.1) is 0 Å². The Morgan fingerprint density at radius 1 is 1.04 bits per heavy atom. The fourth-order valence-electron chi connectivity index (χ4n) is 1.93. The summed E-state index contributed by atoms with van der Waals surface area (Å²) in [6.07, 6.45) is 0. The van der Waals surface area contributed by atoms with E-state index >= 15 is 0 Å². The summed E-state index contributed by atoms with van der Waals surface area (Å²) in [5.74, 6) is -0.487. The van der Waals surface area contributed by atoms with Crippen molar-refractivity contribution in [3.63, 3.8) is 0 Å². The van der Waals surface area contributed by atoms with Crippen LogP contribution in [0.3, 0.4) is 0 Å². The van der Waals surface area contributed by atoms with Crippen molar-refractivity contribution < 1.29 is 19.1 Å². The van der Waals surface area contributed by atoms with Crippen LogP contribution < -0.4 is 10.1 Å². The molecule has 0 saturated heterocycles. The summed E-state index contributed by atoms with van der Waals surface area (Å²) < 4.78 is 10.2. The zero-order valence-electron chi connectivity index (χ0n) is 13.5. The van der Waals surface area contributed by atoms with E-state index in [0.717, 1.165) is 11.1 Å². The average molecular weight is 348 g/mol. The van der Waals surface area contributed by atoms with Gasteiger partial charge in [0.15, 0.2) is 13.2 Å². The second-order valence-electron chi connectivity index (χ2n) is 5.27. The predicted octanol–water partition coefficient (Wildman–Crippen LogP) is 3.52. The summed E-state index contributed by atoms with van der Waals surface area (Å²) in [4.78, 5) is 23.4. The number of nitrogens with one attached hydrogen (secondary N) is 1. The maximum Gasteiger partial charge on any atom is 0.344 e. The fourth-order valence-corrected chi connectivity index (χ4v) is 2.16. The van der Waals surface area contributed by atoms with Crippen molar-refractivity contribution in [3.8, 4) is 5.75 Å². The monoisotopic (exact) mass is 347 g/mol. The second-order valence-corrected chi connectivity index (χ2v) is 5.71. The number of carbonyl (C=O) groups is 2. The maximum atomic E-state index is 11.7. The molecule has 2 aromatic carbocycles. The molecule has 0 fully saturated rings. The zero-order valence-corrected chi connectivity index (χ0v) is 14.2. The largest absolute Gasteiger partial charge is 0.482 e. The lowest BCUT2D eigenvalue weighted by atomic mass is 10.2. The number of carbonyl (C=O) groups excluding carboxylic acids is 2. The Balaban J connectivity index is 1.74. The van der Waals surface area contributed by atoms with Gasteiger partial charge in [0.1, 0.15) is 5.75 Å². The van der Waals surface area contributed by atoms with Gasteiger partial charge in [0.05, 0.1) is 0 Å². The van der Waals surface area contributed by atoms with Crippen LogP contribution in [0.5, 0.6) is 5.75 Å². The lowest BCUT2D eigenvalue weighted by molar-refractivity contribution is -0.149. The van der Waals surface area contributed by atoms with E-state index in [4.69, 9.17) is 21.1 Å². The van der Waals surface area contributed by atoms with Gasteiger partial charge in [0.25, 0.3) is 5.91 Å². The minimum Gasteiger partial charge on any atom is -0.482 e. The SMILES string of the molecule is Cc1ccc(NC(=O)COC(=O)COc2ccc(Cl)cc2C)cc1. The van der Waals surface area contributed by atoms with Gasteiger partial charge in [-0.1, -0.05) is 29.3 Å². The molecule has 0 saturated carbocycles. The second kappa shape index (κ2) is 8.36. The van der Waals surface area contributed by atoms with Crippen molar-refractivity contribution in [1.82, 2.24) is 0 Å². The third-order valence-corrected chi connectivity index (χ3v) is 3.42. The molecule has 0 aromatic heterocycles. The van der Waals surface area contributed by atoms with Crippen LogP contribution in [0.25, 0.3) is 0 Å². The number of anilines is 1. The third-order valence-electron chi connectivity index (χ3n) is 3.18. The molecule has 0 unspecified atom stereocenters. The van der Waals surface area contributed by atoms with Crippen molar-refractivity contribution in [3.05, 3.63) is 58.6 Å². The highest BCUT2D eigenvalue weighted by atomic mass is 35.5. The van der Waals surface area contributed by atoms with Crippen LogP contribution in [0.4, 0.5) is 5.69 Å². The minimum atomic E-state index is -0.622. The predicted molar refractivity (Wildman–Crippen MR) is 92.5 cm³/mol. The normalized spacial score (nSPS) is 10.1. The smallest absolute Gasteiger partial charge is 0.344 e. The van der Waals surface area contributed by atoms with Crippen LogP contribution in [0.1, 0.15) is 11.1 Å². The first-order chi connectivity index (χ1) is 11.4. The number of aryl methyl sites for hydroxylation is 2. The Labute approximate surface area is 145 Å². The maximum absolute atomic E-state index is 11.7. The van der Waals surface area contributed by atoms with Gasteiger partial charge in [-0.25, -0.2) is 4.79 Å². The Hall–Kier alpha value is -2.53. The lowest BCUT2D eigenvalue weighted by Crippen LogP contribution is -2.23. The van der Waals surface area contributed by atoms with Crippen LogP contribution in [0, 0.1) is 13.8 Å². The van der Waals surface area contributed by atoms with Gasteiger partial charge in [-0.3, -0.25) is 4.79 Å². The van der Waals surface area contributed by atoms with Crippen molar-refractivity contribution in [2.45, 2.75) is 13.8 Å². The Kier molecular flexibility index (Phi) is 6.21. The number of esters is 1. The molecule has 0 aliphatic carbocycles. The Bertz CT molecular complexity index is 728. The van der Waals surface area contributed by atoms with Crippen LogP contribution in [-0.4, -0.2) is 25.1 Å². The zero-order chi connectivity index (χ0) is 17.5. The van der Waals surface area contributed by atoms with E-state index in [-0.39, 0.29) is 13.2 Å². The molecule has 0 aliphatic heterocycles. The van der Waals surface area contributed by atoms with E-state index in [1.165, 1.54) is 0 Å². The van der Waals surface area contributed by atoms with E-state index in [1.807, 2.05) is 26.0 Å². The highest BCUT2D eigenvalue weighted by molar-refractivity contribution is 6.30. The van der Waals surface area contributed by atoms with Gasteiger partial charge >= 0.3 is 5.97 Å². The summed E-state index contributed by atoms with van der Waals surface area (Å²) in [6.45, 7) is 3.13. The van der Waals surface area contributed by atoms with Crippen LogP contribution >= 0.6 is 11.6 Å². The fraction of sp³-hybridized carbons (Fsp3) is 0.222. The molecule has 24 heavy (non-hydrogen) atoms. The van der Waals surface area contributed by atoms with Gasteiger partial charge in [-0.05, 0) is 49.7 Å². The number of hydrogen-bond donors (Lipinski definition) is 1. The molecular formula is C18H18ClNO4. The number of halogens is 1. The molecule has 0 aliphatic rings. The van der Waals surface area contributed by atoms with E-state index in [0.29, 0.717) is 16.5 Å². The van der Waals surface area contributed by atoms with Crippen LogP contribution in [0.15, 0.2) is 42.5 Å². The molecule has 6 heteroatoms. The molecule has 2 rings (SSSR count). The quantitative estimate of drug-likeness (QED) is 0.812. The van der Waals surface area contributed by atoms with Gasteiger partial charge in [0, 0.05) is 10.7 Å². The van der Waals surface area contributed by atoms with E-state index in [1.54, 1.807) is 30.3 Å². The van der Waals surface area contributed by atoms with E-state index in [9.17, 15) is 9.59 Å². The summed E-state index contributed by atoms with van der Waals surface area (Å²) in [5, 5.41) is 3.23. The lowest BCUT2D eigenvalue weighted by Gasteiger charge is -2.10. The first-order valence-electron chi connectivity index (χ1n) is 7.35. The first kappa shape index (κ1) is 17.8. The van der Waals surface area contributed by atoms with Crippen LogP contribution in [-0.2, 0) is 14.3 Å². The van der Waals surface area contributed by atoms with Crippen molar-refractivity contribution in [1.29, 1.82) is 0 Å². The molecule has 2 aromatic rings. The first-order valence-corrected chi connectivity index (χ1v) is 7.73. The highest BCUT2D eigenvalue weighted by Gasteiger charge is 2.10. The standard InChI is InChI=1S/C18H18ClNO4/c1-12-3-6-15(7-4-12)20-17(21)10-24-18(22)11-23-16-8-5-14(19)9-13(16)2/h3-9H,10-11H2,1-2H3,(H,20,21). The molecule has 1 N–H and O–H groups in total. The van der Waals surface area contributed by atoms with Crippen molar-refractivity contribution in [2.24, 2.45) is 0 Å². The van der Waals surface area contributed by atoms with E-state index < -0.39 is 11.9 Å². The topological polar surface area (TPSA) is 64.6 Å². The van der Waals surface area contributed by atoms with Crippen molar-refractivity contribution in [2.75, 3.05) is 18.5 Å². The van der Waals surface area contributed by atoms with Gasteiger partial charge < -0.3 is 14.8 Å². The molecule has 0 heterocycles. The summed E-state index contributed by atoms with van der Waals surface area (Å²) in [7, 11) is 0. The molecule has 0 spiro atoms. The number of ether oxygens (including phenoxy) is 2. The molecule has 0 radical (unpaired) electrons. The minimum absolute atomic E-state index is 0.277. The van der Waals surface area contributed by atoms with Crippen LogP contribution in [0.2, 0.25) is 5.02 Å². The number of benzene rings is 2. The highest BCUT2D eigenvalue weighted by Crippen LogP contribution is 2.21. The third kappa shape index (κ3) is 5.59. The van der Waals surface area contributed by atoms with E-state index in [2.05, 4.69) is 5.32 Å². The Morgan fingerprint density at radius 3 is 2.42 bits per heavy atom. The number of hydrogen-bond acceptors (Lipinski definition) is 4. The summed E-state index contributed by atoms with van der Waals surface area (Å²) in [6, 6.07) is 12.4. The summed E-state index contributed by atoms with van der Waals surface area (Å²) >= 11 is 5.85. The van der Waals surface area contributed by atoms with Gasteiger partial charge in [-0.2, -0.15) is 0 Å². The molecular weight excluding hydrogens is 330 g/mol. The molecule has 0 atom stereocenters. The Morgan fingerprint density at radius 2 is 1.75 bits per heavy atom. The number of amides is 1. The molecule has 1 amide bonds. The van der Waals surface area contributed by atoms with Gasteiger partial charge in [0.2, 0.25) is 0 Å². The molecule has 5 nitrogen and oxygen atoms in total. The average Bonchev–Trinajstić information content (AvgIpc) is 2.54. The molecule has 126 valence electrons.